The lowest BCUT2D eigenvalue weighted by atomic mass is 9.94. The molecular weight excluding hydrogens is 352 g/mol. The minimum absolute atomic E-state index is 0.401. The second-order valence-corrected chi connectivity index (χ2v) is 8.20. The third kappa shape index (κ3) is 2.61. The molecule has 0 N–H and O–H groups in total. The zero-order chi connectivity index (χ0) is 19.4. The molecule has 1 unspecified atom stereocenters. The predicted octanol–water partition coefficient (Wildman–Crippen LogP) is 4.29. The van der Waals surface area contributed by atoms with E-state index in [1.807, 2.05) is 13.0 Å². The van der Waals surface area contributed by atoms with Crippen molar-refractivity contribution in [3.8, 4) is 17.2 Å². The molecule has 28 heavy (non-hydrogen) atoms. The van der Waals surface area contributed by atoms with Crippen LogP contribution in [0.5, 0.6) is 0 Å². The first-order valence-electron chi connectivity index (χ1n) is 9.89. The number of nitriles is 1. The Morgan fingerprint density at radius 2 is 2.11 bits per heavy atom. The highest BCUT2D eigenvalue weighted by Crippen LogP contribution is 2.47. The van der Waals surface area contributed by atoms with E-state index in [2.05, 4.69) is 30.0 Å². The highest BCUT2D eigenvalue weighted by molar-refractivity contribution is 6.02. The van der Waals surface area contributed by atoms with Gasteiger partial charge in [-0.1, -0.05) is 0 Å². The van der Waals surface area contributed by atoms with Crippen molar-refractivity contribution in [2.75, 3.05) is 32.1 Å². The largest absolute Gasteiger partial charge is 0.472 e. The van der Waals surface area contributed by atoms with Gasteiger partial charge in [-0.2, -0.15) is 5.26 Å². The van der Waals surface area contributed by atoms with Gasteiger partial charge in [-0.25, -0.2) is 4.98 Å². The van der Waals surface area contributed by atoms with Gasteiger partial charge in [-0.15, -0.1) is 0 Å². The molecule has 3 heterocycles. The van der Waals surface area contributed by atoms with Gasteiger partial charge in [0.05, 0.1) is 23.8 Å². The fraction of sp³-hybridized carbons (Fsp3) is 0.455. The Kier molecular flexibility index (Phi) is 3.95. The second-order valence-electron chi connectivity index (χ2n) is 8.20. The van der Waals surface area contributed by atoms with Crippen LogP contribution in [0.25, 0.3) is 22.2 Å². The summed E-state index contributed by atoms with van der Waals surface area (Å²) in [7, 11) is 4.26. The van der Waals surface area contributed by atoms with Crippen molar-refractivity contribution in [3.63, 3.8) is 0 Å². The Hall–Kier alpha value is -2.78. The molecule has 3 aromatic rings. The van der Waals surface area contributed by atoms with E-state index in [0.717, 1.165) is 66.2 Å². The molecule has 144 valence electrons. The van der Waals surface area contributed by atoms with Crippen molar-refractivity contribution in [1.82, 2.24) is 9.88 Å². The van der Waals surface area contributed by atoms with Crippen molar-refractivity contribution in [1.29, 1.82) is 5.26 Å². The SMILES string of the molecule is Cc1c(-c2ccoc2)c(N2CCC(N(C)C)C2)c2oc(C3CC3)nc2c1C#N. The van der Waals surface area contributed by atoms with E-state index in [1.54, 1.807) is 12.5 Å². The summed E-state index contributed by atoms with van der Waals surface area (Å²) in [6.07, 6.45) is 6.75. The predicted molar refractivity (Wildman–Crippen MR) is 107 cm³/mol. The lowest BCUT2D eigenvalue weighted by molar-refractivity contribution is 0.315. The number of anilines is 1. The third-order valence-corrected chi connectivity index (χ3v) is 6.14. The number of furan rings is 1. The molecule has 1 saturated heterocycles. The molecule has 2 fully saturated rings. The van der Waals surface area contributed by atoms with Crippen LogP contribution < -0.4 is 4.90 Å². The monoisotopic (exact) mass is 376 g/mol. The molecule has 0 spiro atoms. The van der Waals surface area contributed by atoms with Crippen LogP contribution >= 0.6 is 0 Å². The summed E-state index contributed by atoms with van der Waals surface area (Å²) >= 11 is 0. The van der Waals surface area contributed by atoms with Crippen LogP contribution in [0.4, 0.5) is 5.69 Å². The summed E-state index contributed by atoms with van der Waals surface area (Å²) in [5.41, 5.74) is 6.05. The molecule has 2 aliphatic rings. The minimum atomic E-state index is 0.401. The van der Waals surface area contributed by atoms with Crippen LogP contribution in [0, 0.1) is 18.3 Å². The summed E-state index contributed by atoms with van der Waals surface area (Å²) in [6, 6.07) is 4.83. The van der Waals surface area contributed by atoms with Gasteiger partial charge in [-0.3, -0.25) is 0 Å². The van der Waals surface area contributed by atoms with Crippen LogP contribution in [-0.2, 0) is 0 Å². The van der Waals surface area contributed by atoms with Crippen molar-refractivity contribution >= 4 is 16.8 Å². The molecule has 0 bridgehead atoms. The Morgan fingerprint density at radius 1 is 1.29 bits per heavy atom. The standard InChI is InChI=1S/C22H24N4O2/c1-13-17(10-23)19-21(28-22(24-19)14-4-5-14)20(18(13)15-7-9-27-12-15)26-8-6-16(11-26)25(2)3/h7,9,12,14,16H,4-6,8,11H2,1-3H3. The van der Waals surface area contributed by atoms with Gasteiger partial charge >= 0.3 is 0 Å². The number of hydrogen-bond donors (Lipinski definition) is 0. The number of oxazole rings is 1. The van der Waals surface area contributed by atoms with Crippen molar-refractivity contribution in [2.45, 2.75) is 38.1 Å². The van der Waals surface area contributed by atoms with E-state index >= 15 is 0 Å². The van der Waals surface area contributed by atoms with Crippen LogP contribution in [-0.4, -0.2) is 43.1 Å². The molecule has 1 saturated carbocycles. The van der Waals surface area contributed by atoms with Gasteiger partial charge in [0, 0.05) is 36.2 Å². The van der Waals surface area contributed by atoms with Crippen LogP contribution in [0.15, 0.2) is 27.4 Å². The fourth-order valence-corrected chi connectivity index (χ4v) is 4.33. The van der Waals surface area contributed by atoms with Gasteiger partial charge in [0.25, 0.3) is 0 Å². The van der Waals surface area contributed by atoms with Crippen LogP contribution in [0.3, 0.4) is 0 Å². The maximum Gasteiger partial charge on any atom is 0.198 e. The van der Waals surface area contributed by atoms with E-state index in [-0.39, 0.29) is 0 Å². The first-order chi connectivity index (χ1) is 13.6. The van der Waals surface area contributed by atoms with Crippen molar-refractivity contribution < 1.29 is 8.83 Å². The minimum Gasteiger partial charge on any atom is -0.472 e. The number of aromatic nitrogens is 1. The van der Waals surface area contributed by atoms with E-state index in [9.17, 15) is 5.26 Å². The summed E-state index contributed by atoms with van der Waals surface area (Å²) < 4.78 is 11.7. The maximum atomic E-state index is 9.90. The number of likely N-dealkylation sites (N-methyl/N-ethyl adjacent to an activating group) is 1. The maximum absolute atomic E-state index is 9.90. The molecule has 6 nitrogen and oxygen atoms in total. The van der Waals surface area contributed by atoms with Crippen LogP contribution in [0.2, 0.25) is 0 Å². The molecule has 1 atom stereocenters. The molecule has 6 heteroatoms. The molecule has 5 rings (SSSR count). The van der Waals surface area contributed by atoms with Gasteiger partial charge in [0.1, 0.15) is 11.6 Å². The van der Waals surface area contributed by atoms with E-state index in [4.69, 9.17) is 13.8 Å². The molecule has 0 amide bonds. The Morgan fingerprint density at radius 3 is 2.71 bits per heavy atom. The summed E-state index contributed by atoms with van der Waals surface area (Å²) in [6.45, 7) is 3.89. The number of benzene rings is 1. The molecule has 2 aromatic heterocycles. The third-order valence-electron chi connectivity index (χ3n) is 6.14. The average molecular weight is 376 g/mol. The van der Waals surface area contributed by atoms with Gasteiger partial charge in [0.2, 0.25) is 0 Å². The zero-order valence-corrected chi connectivity index (χ0v) is 16.5. The van der Waals surface area contributed by atoms with E-state index < -0.39 is 0 Å². The summed E-state index contributed by atoms with van der Waals surface area (Å²) in [5.74, 6) is 1.18. The van der Waals surface area contributed by atoms with Crippen LogP contribution in [0.1, 0.15) is 42.2 Å². The lowest BCUT2D eigenvalue weighted by Crippen LogP contribution is -2.31. The van der Waals surface area contributed by atoms with E-state index in [0.29, 0.717) is 23.0 Å². The second kappa shape index (κ2) is 6.39. The smallest absolute Gasteiger partial charge is 0.198 e. The molecule has 0 radical (unpaired) electrons. The molecule has 1 aliphatic carbocycles. The first-order valence-corrected chi connectivity index (χ1v) is 9.89. The summed E-state index contributed by atoms with van der Waals surface area (Å²) in [4.78, 5) is 9.44. The lowest BCUT2D eigenvalue weighted by Gasteiger charge is -2.25. The van der Waals surface area contributed by atoms with Crippen molar-refractivity contribution in [3.05, 3.63) is 35.6 Å². The Balaban J connectivity index is 1.78. The fourth-order valence-electron chi connectivity index (χ4n) is 4.33. The highest BCUT2D eigenvalue weighted by atomic mass is 16.4. The average Bonchev–Trinajstić information content (AvgIpc) is 3.09. The quantitative estimate of drug-likeness (QED) is 0.677. The van der Waals surface area contributed by atoms with Gasteiger partial charge < -0.3 is 18.6 Å². The van der Waals surface area contributed by atoms with E-state index in [1.165, 1.54) is 0 Å². The van der Waals surface area contributed by atoms with Gasteiger partial charge in [-0.05, 0) is 51.9 Å². The number of rotatable bonds is 4. The first kappa shape index (κ1) is 17.3. The normalized spacial score (nSPS) is 19.7. The molecular formula is C22H24N4O2. The number of fused-ring (bicyclic) bond motifs is 1. The Bertz CT molecular complexity index is 1070. The molecule has 1 aromatic carbocycles. The molecule has 1 aliphatic heterocycles. The Labute approximate surface area is 164 Å². The summed E-state index contributed by atoms with van der Waals surface area (Å²) in [5, 5.41) is 9.90. The van der Waals surface area contributed by atoms with Gasteiger partial charge in [0.15, 0.2) is 11.5 Å². The number of nitrogens with zero attached hydrogens (tertiary/aromatic N) is 4. The zero-order valence-electron chi connectivity index (χ0n) is 16.5. The topological polar surface area (TPSA) is 69.4 Å². The number of hydrogen-bond acceptors (Lipinski definition) is 6. The highest BCUT2D eigenvalue weighted by Gasteiger charge is 2.34. The van der Waals surface area contributed by atoms with Crippen molar-refractivity contribution in [2.24, 2.45) is 0 Å².